The highest BCUT2D eigenvalue weighted by Crippen LogP contribution is 2.16. The second kappa shape index (κ2) is 8.55. The fourth-order valence-electron chi connectivity index (χ4n) is 1.35. The Morgan fingerprint density at radius 3 is 2.55 bits per heavy atom. The topological polar surface area (TPSA) is 95.9 Å². The Morgan fingerprint density at radius 1 is 1.30 bits per heavy atom. The van der Waals surface area contributed by atoms with E-state index in [1.54, 1.807) is 12.1 Å². The number of hydrogen-bond donors (Lipinski definition) is 3. The van der Waals surface area contributed by atoms with Crippen molar-refractivity contribution in [2.24, 2.45) is 0 Å². The molecule has 0 aliphatic heterocycles. The summed E-state index contributed by atoms with van der Waals surface area (Å²) in [6.45, 7) is 0.347. The number of carboxylic acid groups (broad SMARTS) is 1. The van der Waals surface area contributed by atoms with Crippen molar-refractivity contribution in [2.75, 3.05) is 13.2 Å². The smallest absolute Gasteiger partial charge is 0.332 e. The van der Waals surface area contributed by atoms with Crippen LogP contribution in [-0.2, 0) is 9.59 Å². The zero-order valence-electron chi connectivity index (χ0n) is 10.7. The molecule has 0 bridgehead atoms. The van der Waals surface area contributed by atoms with Gasteiger partial charge in [0.1, 0.15) is 5.75 Å². The number of rotatable bonds is 8. The van der Waals surface area contributed by atoms with E-state index in [9.17, 15) is 9.59 Å². The summed E-state index contributed by atoms with van der Waals surface area (Å²) in [7, 11) is 0. The molecule has 0 aromatic heterocycles. The largest absolute Gasteiger partial charge is 0.493 e. The molecule has 0 spiro atoms. The van der Waals surface area contributed by atoms with Crippen molar-refractivity contribution in [3.05, 3.63) is 28.7 Å². The van der Waals surface area contributed by atoms with E-state index in [0.29, 0.717) is 5.75 Å². The van der Waals surface area contributed by atoms with Crippen molar-refractivity contribution < 1.29 is 24.5 Å². The van der Waals surface area contributed by atoms with E-state index in [4.69, 9.17) is 14.9 Å². The van der Waals surface area contributed by atoms with Crippen LogP contribution in [0.15, 0.2) is 28.7 Å². The van der Waals surface area contributed by atoms with Crippen molar-refractivity contribution in [1.29, 1.82) is 0 Å². The summed E-state index contributed by atoms with van der Waals surface area (Å²) in [6, 6.07) is 7.24. The van der Waals surface area contributed by atoms with Gasteiger partial charge in [0.25, 0.3) is 0 Å². The first-order valence-electron chi connectivity index (χ1n) is 6.05. The molecule has 1 aromatic carbocycles. The third kappa shape index (κ3) is 6.53. The van der Waals surface area contributed by atoms with Gasteiger partial charge in [-0.25, -0.2) is 4.79 Å². The Labute approximate surface area is 124 Å². The molecule has 1 rings (SSSR count). The monoisotopic (exact) mass is 345 g/mol. The Morgan fingerprint density at radius 2 is 1.95 bits per heavy atom. The fourth-order valence-corrected chi connectivity index (χ4v) is 1.62. The predicted molar refractivity (Wildman–Crippen MR) is 75.5 cm³/mol. The fraction of sp³-hybridized carbons (Fsp3) is 0.385. The van der Waals surface area contributed by atoms with E-state index in [2.05, 4.69) is 21.2 Å². The average Bonchev–Trinajstić information content (AvgIpc) is 2.40. The maximum atomic E-state index is 11.4. The Kier molecular flexibility index (Phi) is 7.03. The van der Waals surface area contributed by atoms with Crippen LogP contribution in [0.3, 0.4) is 0 Å². The minimum atomic E-state index is -1.45. The molecule has 0 saturated carbocycles. The molecule has 110 valence electrons. The molecule has 0 aliphatic rings. The van der Waals surface area contributed by atoms with E-state index in [1.165, 1.54) is 0 Å². The molecule has 6 nitrogen and oxygen atoms in total. The minimum absolute atomic E-state index is 0.0192. The normalized spacial score (nSPS) is 11.7. The van der Waals surface area contributed by atoms with Gasteiger partial charge < -0.3 is 20.3 Å². The molecule has 1 atom stereocenters. The number of carbonyl (C=O) groups is 2. The van der Waals surface area contributed by atoms with Crippen molar-refractivity contribution in [1.82, 2.24) is 5.32 Å². The van der Waals surface area contributed by atoms with E-state index < -0.39 is 12.1 Å². The van der Waals surface area contributed by atoms with E-state index in [1.807, 2.05) is 12.1 Å². The molecule has 0 fully saturated rings. The number of ether oxygens (including phenoxy) is 1. The standard InChI is InChI=1S/C13H16BrNO5/c14-9-1-3-10(4-2-9)20-8-6-12(17)15-7-5-11(16)13(18)19/h1-4,11,16H,5-8H2,(H,15,17)(H,18,19)/t11-/m0/s1. The quantitative estimate of drug-likeness (QED) is 0.657. The van der Waals surface area contributed by atoms with Crippen LogP contribution >= 0.6 is 15.9 Å². The number of carboxylic acids is 1. The number of carbonyl (C=O) groups excluding carboxylic acids is 1. The molecule has 0 aliphatic carbocycles. The van der Waals surface area contributed by atoms with Crippen LogP contribution in [0.4, 0.5) is 0 Å². The number of nitrogens with one attached hydrogen (secondary N) is 1. The van der Waals surface area contributed by atoms with Gasteiger partial charge in [0.15, 0.2) is 6.10 Å². The first-order chi connectivity index (χ1) is 9.49. The summed E-state index contributed by atoms with van der Waals surface area (Å²) in [6.07, 6.45) is -1.30. The van der Waals surface area contributed by atoms with Crippen molar-refractivity contribution in [3.8, 4) is 5.75 Å². The van der Waals surface area contributed by atoms with Gasteiger partial charge in [-0.1, -0.05) is 15.9 Å². The van der Waals surface area contributed by atoms with Gasteiger partial charge in [0.05, 0.1) is 13.0 Å². The van der Waals surface area contributed by atoms with E-state index in [0.717, 1.165) is 4.47 Å². The van der Waals surface area contributed by atoms with Gasteiger partial charge in [-0.3, -0.25) is 4.79 Å². The molecule has 1 amide bonds. The van der Waals surface area contributed by atoms with Gasteiger partial charge in [0.2, 0.25) is 5.91 Å². The van der Waals surface area contributed by atoms with Crippen molar-refractivity contribution in [3.63, 3.8) is 0 Å². The SMILES string of the molecule is O=C(CCOc1ccc(Br)cc1)NCC[C@H](O)C(=O)O. The van der Waals surface area contributed by atoms with Crippen molar-refractivity contribution in [2.45, 2.75) is 18.9 Å². The molecule has 0 radical (unpaired) electrons. The maximum absolute atomic E-state index is 11.4. The van der Waals surface area contributed by atoms with Crippen molar-refractivity contribution >= 4 is 27.8 Å². The highest BCUT2D eigenvalue weighted by atomic mass is 79.9. The van der Waals surface area contributed by atoms with Crippen LogP contribution in [0.25, 0.3) is 0 Å². The maximum Gasteiger partial charge on any atom is 0.332 e. The number of amides is 1. The Bertz CT molecular complexity index is 449. The van der Waals surface area contributed by atoms with E-state index >= 15 is 0 Å². The van der Waals surface area contributed by atoms with Gasteiger partial charge in [0, 0.05) is 17.4 Å². The zero-order valence-corrected chi connectivity index (χ0v) is 12.3. The highest BCUT2D eigenvalue weighted by molar-refractivity contribution is 9.10. The van der Waals surface area contributed by atoms with Gasteiger partial charge in [-0.15, -0.1) is 0 Å². The molecular formula is C13H16BrNO5. The molecule has 0 unspecified atom stereocenters. The number of halogens is 1. The Balaban J connectivity index is 2.14. The lowest BCUT2D eigenvalue weighted by molar-refractivity contribution is -0.147. The summed E-state index contributed by atoms with van der Waals surface area (Å²) in [5, 5.41) is 20.0. The van der Waals surface area contributed by atoms with Crippen LogP contribution in [0.2, 0.25) is 0 Å². The minimum Gasteiger partial charge on any atom is -0.493 e. The molecule has 0 saturated heterocycles. The molecular weight excluding hydrogens is 330 g/mol. The number of aliphatic carboxylic acids is 1. The summed E-state index contributed by atoms with van der Waals surface area (Å²) in [5.74, 6) is -0.875. The lowest BCUT2D eigenvalue weighted by atomic mass is 10.2. The van der Waals surface area contributed by atoms with Gasteiger partial charge >= 0.3 is 5.97 Å². The second-order valence-corrected chi connectivity index (χ2v) is 4.96. The van der Waals surface area contributed by atoms with Gasteiger partial charge in [-0.05, 0) is 24.3 Å². The Hall–Kier alpha value is -1.60. The molecule has 0 heterocycles. The van der Waals surface area contributed by atoms with Crippen LogP contribution in [0.1, 0.15) is 12.8 Å². The molecule has 3 N–H and O–H groups in total. The first-order valence-corrected chi connectivity index (χ1v) is 6.84. The highest BCUT2D eigenvalue weighted by Gasteiger charge is 2.12. The van der Waals surface area contributed by atoms with E-state index in [-0.39, 0.29) is 31.9 Å². The lowest BCUT2D eigenvalue weighted by Gasteiger charge is -2.08. The average molecular weight is 346 g/mol. The summed E-state index contributed by atoms with van der Waals surface area (Å²) < 4.78 is 6.32. The summed E-state index contributed by atoms with van der Waals surface area (Å²) in [5.41, 5.74) is 0. The predicted octanol–water partition coefficient (Wildman–Crippen LogP) is 1.17. The molecule has 1 aromatic rings. The third-order valence-electron chi connectivity index (χ3n) is 2.44. The molecule has 20 heavy (non-hydrogen) atoms. The lowest BCUT2D eigenvalue weighted by Crippen LogP contribution is -2.30. The first kappa shape index (κ1) is 16.5. The van der Waals surface area contributed by atoms with Crippen LogP contribution < -0.4 is 10.1 Å². The summed E-state index contributed by atoms with van der Waals surface area (Å²) >= 11 is 3.31. The van der Waals surface area contributed by atoms with Crippen LogP contribution in [-0.4, -0.2) is 41.3 Å². The zero-order chi connectivity index (χ0) is 15.0. The number of benzene rings is 1. The number of aliphatic hydroxyl groups is 1. The van der Waals surface area contributed by atoms with Gasteiger partial charge in [-0.2, -0.15) is 0 Å². The second-order valence-electron chi connectivity index (χ2n) is 4.05. The summed E-state index contributed by atoms with van der Waals surface area (Å²) in [4.78, 5) is 21.8. The third-order valence-corrected chi connectivity index (χ3v) is 2.97. The van der Waals surface area contributed by atoms with Crippen LogP contribution in [0, 0.1) is 0 Å². The molecule has 7 heteroatoms. The van der Waals surface area contributed by atoms with Crippen LogP contribution in [0.5, 0.6) is 5.75 Å². The number of aliphatic hydroxyl groups excluding tert-OH is 1. The number of hydrogen-bond acceptors (Lipinski definition) is 4.